The Morgan fingerprint density at radius 1 is 1.19 bits per heavy atom. The van der Waals surface area contributed by atoms with Gasteiger partial charge in [-0.05, 0) is 42.8 Å². The zero-order valence-electron chi connectivity index (χ0n) is 15.9. The molecule has 3 aromatic rings. The Balaban J connectivity index is 1.79. The zero-order valence-corrected chi connectivity index (χ0v) is 17.5. The molecule has 0 aliphatic heterocycles. The van der Waals surface area contributed by atoms with Crippen LogP contribution in [-0.2, 0) is 12.7 Å². The quantitative estimate of drug-likeness (QED) is 0.427. The fourth-order valence-corrected chi connectivity index (χ4v) is 3.17. The van der Waals surface area contributed by atoms with Gasteiger partial charge in [0.2, 0.25) is 0 Å². The van der Waals surface area contributed by atoms with Crippen molar-refractivity contribution in [1.29, 1.82) is 0 Å². The lowest BCUT2D eigenvalue weighted by Crippen LogP contribution is -2.16. The number of rotatable bonds is 6. The maximum absolute atomic E-state index is 12.9. The van der Waals surface area contributed by atoms with Crippen LogP contribution in [0.1, 0.15) is 27.2 Å². The Labute approximate surface area is 181 Å². The van der Waals surface area contributed by atoms with E-state index >= 15 is 0 Å². The maximum Gasteiger partial charge on any atom is 0.416 e. The van der Waals surface area contributed by atoms with Crippen LogP contribution in [0.2, 0.25) is 0 Å². The van der Waals surface area contributed by atoms with Crippen LogP contribution < -0.4 is 10.1 Å². The molecule has 1 N–H and O–H groups in total. The molecule has 164 valence electrons. The van der Waals surface area contributed by atoms with E-state index in [4.69, 9.17) is 0 Å². The number of carbonyl (C=O) groups is 1. The number of anilines is 1. The minimum absolute atomic E-state index is 0.0439. The number of nitrogens with one attached hydrogen (secondary N) is 1. The van der Waals surface area contributed by atoms with E-state index in [-0.39, 0.29) is 23.7 Å². The number of aromatic nitrogens is 2. The Morgan fingerprint density at radius 3 is 2.61 bits per heavy atom. The van der Waals surface area contributed by atoms with Crippen molar-refractivity contribution in [3.8, 4) is 5.75 Å². The molecule has 5 nitrogen and oxygen atoms in total. The molecule has 0 aliphatic rings. The van der Waals surface area contributed by atoms with E-state index in [1.165, 1.54) is 41.1 Å². The molecule has 0 bridgehead atoms. The molecule has 31 heavy (non-hydrogen) atoms. The fourth-order valence-electron chi connectivity index (χ4n) is 2.81. The van der Waals surface area contributed by atoms with Gasteiger partial charge in [-0.15, -0.1) is 0 Å². The van der Waals surface area contributed by atoms with Crippen LogP contribution in [0, 0.1) is 6.92 Å². The van der Waals surface area contributed by atoms with E-state index in [1.807, 2.05) is 0 Å². The second-order valence-electron chi connectivity index (χ2n) is 6.50. The van der Waals surface area contributed by atoms with Crippen LogP contribution in [0.4, 0.5) is 27.8 Å². The van der Waals surface area contributed by atoms with Crippen LogP contribution in [-0.4, -0.2) is 22.3 Å². The summed E-state index contributed by atoms with van der Waals surface area (Å²) in [7, 11) is 0. The Kier molecular flexibility index (Phi) is 6.63. The number of nitrogens with zero attached hydrogens (tertiary/aromatic N) is 2. The Bertz CT molecular complexity index is 1100. The van der Waals surface area contributed by atoms with Gasteiger partial charge in [0.15, 0.2) is 5.82 Å². The molecule has 11 heteroatoms. The van der Waals surface area contributed by atoms with Crippen molar-refractivity contribution in [2.75, 3.05) is 5.32 Å². The summed E-state index contributed by atoms with van der Waals surface area (Å²) in [6, 6.07) is 10.3. The van der Waals surface area contributed by atoms with E-state index < -0.39 is 24.3 Å². The largest absolute Gasteiger partial charge is 0.434 e. The number of halogens is 6. The molecule has 0 aliphatic carbocycles. The van der Waals surface area contributed by atoms with Crippen molar-refractivity contribution in [2.45, 2.75) is 26.3 Å². The first kappa shape index (κ1) is 22.7. The first-order valence-corrected chi connectivity index (χ1v) is 9.58. The molecule has 0 fully saturated rings. The number of aryl methyl sites for hydroxylation is 1. The molecule has 1 amide bonds. The van der Waals surface area contributed by atoms with Gasteiger partial charge < -0.3 is 10.1 Å². The minimum atomic E-state index is -4.46. The number of carbonyl (C=O) groups excluding carboxylic acids is 1. The van der Waals surface area contributed by atoms with E-state index in [0.717, 1.165) is 12.1 Å². The summed E-state index contributed by atoms with van der Waals surface area (Å²) in [5, 5.41) is 6.66. The average Bonchev–Trinajstić information content (AvgIpc) is 3.01. The summed E-state index contributed by atoms with van der Waals surface area (Å²) < 4.78 is 70.2. The van der Waals surface area contributed by atoms with Crippen LogP contribution >= 0.6 is 15.9 Å². The van der Waals surface area contributed by atoms with Gasteiger partial charge in [-0.1, -0.05) is 28.1 Å². The van der Waals surface area contributed by atoms with Crippen molar-refractivity contribution in [2.24, 2.45) is 0 Å². The monoisotopic (exact) mass is 503 g/mol. The summed E-state index contributed by atoms with van der Waals surface area (Å²) in [6.45, 7) is -1.40. The summed E-state index contributed by atoms with van der Waals surface area (Å²) in [5.74, 6) is -0.936. The number of amides is 1. The van der Waals surface area contributed by atoms with Gasteiger partial charge in [0.05, 0.1) is 17.7 Å². The third-order valence-corrected chi connectivity index (χ3v) is 4.70. The molecular weight excluding hydrogens is 489 g/mol. The van der Waals surface area contributed by atoms with Gasteiger partial charge in [0.1, 0.15) is 5.75 Å². The first-order chi connectivity index (χ1) is 14.5. The topological polar surface area (TPSA) is 56.1 Å². The number of ether oxygens (including phenoxy) is 1. The zero-order chi connectivity index (χ0) is 22.8. The van der Waals surface area contributed by atoms with Gasteiger partial charge in [0.25, 0.3) is 5.91 Å². The summed E-state index contributed by atoms with van der Waals surface area (Å²) in [6.07, 6.45) is -4.46. The van der Waals surface area contributed by atoms with Gasteiger partial charge >= 0.3 is 12.8 Å². The molecule has 1 heterocycles. The van der Waals surface area contributed by atoms with Gasteiger partial charge in [-0.25, -0.2) is 0 Å². The third kappa shape index (κ3) is 5.81. The average molecular weight is 504 g/mol. The minimum Gasteiger partial charge on any atom is -0.434 e. The lowest BCUT2D eigenvalue weighted by molar-refractivity contribution is -0.137. The summed E-state index contributed by atoms with van der Waals surface area (Å²) >= 11 is 3.17. The number of hydrogen-bond donors (Lipinski definition) is 1. The predicted molar refractivity (Wildman–Crippen MR) is 106 cm³/mol. The lowest BCUT2D eigenvalue weighted by Gasteiger charge is -2.11. The van der Waals surface area contributed by atoms with Crippen LogP contribution in [0.5, 0.6) is 5.75 Å². The third-order valence-electron chi connectivity index (χ3n) is 4.21. The molecule has 2 aromatic carbocycles. The number of hydrogen-bond acceptors (Lipinski definition) is 3. The predicted octanol–water partition coefficient (Wildman–Crippen LogP) is 5.87. The maximum atomic E-state index is 12.9. The van der Waals surface area contributed by atoms with E-state index in [9.17, 15) is 26.7 Å². The first-order valence-electron chi connectivity index (χ1n) is 8.79. The second kappa shape index (κ2) is 9.04. The lowest BCUT2D eigenvalue weighted by atomic mass is 10.1. The standard InChI is InChI=1S/C20H15BrF5N3O2/c1-11-7-17(27-18(30)15-9-14(21)5-6-16(15)31-19(22)23)28-29(11)10-12-3-2-4-13(8-12)20(24,25)26/h2-9,19H,10H2,1H3,(H,27,28,30). The molecule has 0 saturated carbocycles. The van der Waals surface area contributed by atoms with Crippen LogP contribution in [0.15, 0.2) is 53.0 Å². The molecule has 3 rings (SSSR count). The summed E-state index contributed by atoms with van der Waals surface area (Å²) in [5.41, 5.74) is 0.0359. The normalized spacial score (nSPS) is 11.6. The van der Waals surface area contributed by atoms with E-state index in [0.29, 0.717) is 15.7 Å². The molecule has 0 unspecified atom stereocenters. The summed E-state index contributed by atoms with van der Waals surface area (Å²) in [4.78, 5) is 12.6. The van der Waals surface area contributed by atoms with Crippen molar-refractivity contribution in [3.63, 3.8) is 0 Å². The van der Waals surface area contributed by atoms with Gasteiger partial charge in [0, 0.05) is 16.2 Å². The Hall–Kier alpha value is -2.95. The molecule has 0 spiro atoms. The highest BCUT2D eigenvalue weighted by Crippen LogP contribution is 2.30. The van der Waals surface area contributed by atoms with E-state index in [1.54, 1.807) is 6.92 Å². The van der Waals surface area contributed by atoms with Crippen molar-refractivity contribution in [3.05, 3.63) is 75.4 Å². The van der Waals surface area contributed by atoms with Gasteiger partial charge in [-0.3, -0.25) is 9.48 Å². The van der Waals surface area contributed by atoms with Crippen LogP contribution in [0.25, 0.3) is 0 Å². The van der Waals surface area contributed by atoms with Crippen molar-refractivity contribution < 1.29 is 31.5 Å². The highest BCUT2D eigenvalue weighted by molar-refractivity contribution is 9.10. The number of benzene rings is 2. The highest BCUT2D eigenvalue weighted by Gasteiger charge is 2.30. The van der Waals surface area contributed by atoms with E-state index in [2.05, 4.69) is 31.1 Å². The van der Waals surface area contributed by atoms with Crippen molar-refractivity contribution in [1.82, 2.24) is 9.78 Å². The Morgan fingerprint density at radius 2 is 1.94 bits per heavy atom. The highest BCUT2D eigenvalue weighted by atomic mass is 79.9. The number of alkyl halides is 5. The second-order valence-corrected chi connectivity index (χ2v) is 7.42. The SMILES string of the molecule is Cc1cc(NC(=O)c2cc(Br)ccc2OC(F)F)nn1Cc1cccc(C(F)(F)F)c1. The fraction of sp³-hybridized carbons (Fsp3) is 0.200. The molecular formula is C20H15BrF5N3O2. The van der Waals surface area contributed by atoms with Crippen molar-refractivity contribution >= 4 is 27.7 Å². The molecule has 0 radical (unpaired) electrons. The molecule has 1 aromatic heterocycles. The van der Waals surface area contributed by atoms with Crippen LogP contribution in [0.3, 0.4) is 0 Å². The molecule has 0 saturated heterocycles. The smallest absolute Gasteiger partial charge is 0.416 e. The molecule has 0 atom stereocenters. The van der Waals surface area contributed by atoms with Gasteiger partial charge in [-0.2, -0.15) is 27.1 Å².